The van der Waals surface area contributed by atoms with Crippen LogP contribution in [-0.4, -0.2) is 30.0 Å². The zero-order valence-corrected chi connectivity index (χ0v) is 19.3. The first-order chi connectivity index (χ1) is 15.6. The van der Waals surface area contributed by atoms with E-state index >= 15 is 0 Å². The Morgan fingerprint density at radius 2 is 1.94 bits per heavy atom. The molecule has 32 heavy (non-hydrogen) atoms. The van der Waals surface area contributed by atoms with Gasteiger partial charge in [-0.1, -0.05) is 31.0 Å². The number of para-hydroxylation sites is 1. The molecule has 0 saturated carbocycles. The Kier molecular flexibility index (Phi) is 7.11. The Bertz CT molecular complexity index is 1170. The monoisotopic (exact) mass is 474 g/mol. The minimum absolute atomic E-state index is 0.0153. The van der Waals surface area contributed by atoms with E-state index in [0.717, 1.165) is 54.3 Å². The highest BCUT2D eigenvalue weighted by Gasteiger charge is 2.28. The minimum atomic E-state index is -0.555. The lowest BCUT2D eigenvalue weighted by atomic mass is 9.96. The van der Waals surface area contributed by atoms with E-state index in [1.165, 1.54) is 29.5 Å². The summed E-state index contributed by atoms with van der Waals surface area (Å²) in [4.78, 5) is 38.5. The summed E-state index contributed by atoms with van der Waals surface area (Å²) >= 11 is 2.52. The molecule has 0 unspecified atom stereocenters. The molecule has 0 radical (unpaired) electrons. The molecule has 2 N–H and O–H groups in total. The fraction of sp³-hybridized carbons (Fsp3) is 0.364. The lowest BCUT2D eigenvalue weighted by molar-refractivity contribution is -0.704. The Balaban J connectivity index is 1.52. The van der Waals surface area contributed by atoms with Gasteiger partial charge in [0.1, 0.15) is 5.00 Å². The van der Waals surface area contributed by atoms with Crippen LogP contribution in [0.3, 0.4) is 0 Å². The molecular formula is C22H24N3O5S2+. The number of esters is 1. The van der Waals surface area contributed by atoms with Crippen molar-refractivity contribution in [2.45, 2.75) is 43.6 Å². The average molecular weight is 475 g/mol. The highest BCUT2D eigenvalue weighted by Crippen LogP contribution is 2.37. The van der Waals surface area contributed by atoms with E-state index in [2.05, 4.69) is 10.6 Å². The van der Waals surface area contributed by atoms with Crippen molar-refractivity contribution in [2.24, 2.45) is 0 Å². The summed E-state index contributed by atoms with van der Waals surface area (Å²) < 4.78 is 11.4. The molecule has 0 fully saturated rings. The number of H-pyrrole nitrogens is 1. The maximum absolute atomic E-state index is 12.7. The Morgan fingerprint density at radius 1 is 1.19 bits per heavy atom. The van der Waals surface area contributed by atoms with Crippen molar-refractivity contribution in [1.82, 2.24) is 5.27 Å². The second-order valence-corrected chi connectivity index (χ2v) is 9.48. The van der Waals surface area contributed by atoms with Crippen LogP contribution in [0.4, 0.5) is 5.00 Å². The molecular weight excluding hydrogens is 450 g/mol. The van der Waals surface area contributed by atoms with Crippen molar-refractivity contribution in [3.8, 4) is 5.69 Å². The first-order valence-corrected chi connectivity index (χ1v) is 12.2. The van der Waals surface area contributed by atoms with Crippen LogP contribution < -0.4 is 15.6 Å². The molecule has 0 saturated heterocycles. The number of anilines is 1. The summed E-state index contributed by atoms with van der Waals surface area (Å²) in [5.41, 5.74) is 1.62. The molecule has 0 bridgehead atoms. The van der Waals surface area contributed by atoms with Crippen LogP contribution in [0, 0.1) is 0 Å². The third kappa shape index (κ3) is 4.81. The average Bonchev–Trinajstić information content (AvgIpc) is 3.31. The Labute approximate surface area is 192 Å². The third-order valence-corrected chi connectivity index (χ3v) is 7.51. The summed E-state index contributed by atoms with van der Waals surface area (Å²) in [7, 11) is 1.35. The van der Waals surface area contributed by atoms with Gasteiger partial charge in [0.25, 0.3) is 0 Å². The van der Waals surface area contributed by atoms with Crippen LogP contribution in [0.5, 0.6) is 0 Å². The van der Waals surface area contributed by atoms with E-state index < -0.39 is 11.6 Å². The minimum Gasteiger partial charge on any atom is -0.465 e. The molecule has 0 spiro atoms. The number of carbonyl (C=O) groups excluding carboxylic acids is 2. The summed E-state index contributed by atoms with van der Waals surface area (Å²) in [6, 6.07) is 9.18. The van der Waals surface area contributed by atoms with Crippen LogP contribution >= 0.6 is 23.1 Å². The maximum atomic E-state index is 12.7. The zero-order valence-electron chi connectivity index (χ0n) is 17.6. The summed E-state index contributed by atoms with van der Waals surface area (Å²) in [5.74, 6) is -0.757. The smallest absolute Gasteiger partial charge is 0.442 e. The molecule has 168 valence electrons. The summed E-state index contributed by atoms with van der Waals surface area (Å²) in [6.07, 6.45) is 6.09. The standard InChI is InChI=1S/C22H23N3O5S2/c1-29-21(27)18-15-11-7-2-3-8-12-16(15)32-19(18)23-17(26)13-31-20-22(28)30-24-25(20)14-9-5-4-6-10-14/h4-6,9-10H,2-3,7-8,11-13H2,1H3,(H-,23,24,26,27,28)/p+1. The molecule has 2 aromatic heterocycles. The van der Waals surface area contributed by atoms with Crippen molar-refractivity contribution >= 4 is 40.0 Å². The predicted molar refractivity (Wildman–Crippen MR) is 122 cm³/mol. The second-order valence-electron chi connectivity index (χ2n) is 7.41. The van der Waals surface area contributed by atoms with Gasteiger partial charge in [0.2, 0.25) is 11.6 Å². The van der Waals surface area contributed by atoms with Gasteiger partial charge in [-0.2, -0.15) is 0 Å². The number of aromatic nitrogens is 2. The number of hydrogen-bond donors (Lipinski definition) is 2. The molecule has 10 heteroatoms. The quantitative estimate of drug-likeness (QED) is 0.322. The molecule has 3 aromatic rings. The molecule has 1 amide bonds. The van der Waals surface area contributed by atoms with Crippen molar-refractivity contribution in [1.29, 1.82) is 0 Å². The van der Waals surface area contributed by atoms with Gasteiger partial charge < -0.3 is 10.1 Å². The normalized spacial score (nSPS) is 13.7. The first-order valence-electron chi connectivity index (χ1n) is 10.4. The topological polar surface area (TPSA) is 105 Å². The van der Waals surface area contributed by atoms with E-state index in [1.807, 2.05) is 30.3 Å². The number of ether oxygens (including phenoxy) is 1. The second kappa shape index (κ2) is 10.2. The van der Waals surface area contributed by atoms with E-state index in [-0.39, 0.29) is 16.7 Å². The number of benzene rings is 1. The zero-order chi connectivity index (χ0) is 22.5. The SMILES string of the molecule is COC(=O)c1c(NC(=O)CSc2c(=O)o[nH][n+]2-c2ccccc2)sc2c1CCCCCC2. The molecule has 1 aliphatic carbocycles. The lowest BCUT2D eigenvalue weighted by Crippen LogP contribution is -2.36. The Morgan fingerprint density at radius 3 is 2.69 bits per heavy atom. The fourth-order valence-corrected chi connectivity index (χ4v) is 5.82. The number of thiophene rings is 1. The number of nitrogens with zero attached hydrogens (tertiary/aromatic N) is 1. The van der Waals surface area contributed by atoms with Crippen molar-refractivity contribution in [2.75, 3.05) is 18.2 Å². The van der Waals surface area contributed by atoms with E-state index in [4.69, 9.17) is 9.26 Å². The number of hydrogen-bond acceptors (Lipinski definition) is 7. The maximum Gasteiger partial charge on any atom is 0.442 e. The molecule has 0 aliphatic heterocycles. The van der Waals surface area contributed by atoms with Gasteiger partial charge in [0.15, 0.2) is 0 Å². The van der Waals surface area contributed by atoms with Crippen molar-refractivity contribution < 1.29 is 23.5 Å². The number of methoxy groups -OCH3 is 1. The van der Waals surface area contributed by atoms with Gasteiger partial charge in [-0.25, -0.2) is 9.59 Å². The first kappa shape index (κ1) is 22.3. The summed E-state index contributed by atoms with van der Waals surface area (Å²) in [5, 5.41) is 6.21. The number of amides is 1. The van der Waals surface area contributed by atoms with Crippen LogP contribution in [0.2, 0.25) is 0 Å². The van der Waals surface area contributed by atoms with Crippen LogP contribution in [0.1, 0.15) is 46.5 Å². The Hall–Kier alpha value is -2.85. The predicted octanol–water partition coefficient (Wildman–Crippen LogP) is 3.48. The van der Waals surface area contributed by atoms with Gasteiger partial charge in [-0.05, 0) is 53.0 Å². The fourth-order valence-electron chi connectivity index (χ4n) is 3.76. The molecule has 8 nitrogen and oxygen atoms in total. The highest BCUT2D eigenvalue weighted by atomic mass is 32.2. The number of aromatic amines is 1. The van der Waals surface area contributed by atoms with E-state index in [9.17, 15) is 14.4 Å². The van der Waals surface area contributed by atoms with Gasteiger partial charge in [0.05, 0.1) is 18.4 Å². The summed E-state index contributed by atoms with van der Waals surface area (Å²) in [6.45, 7) is 0. The third-order valence-electron chi connectivity index (χ3n) is 5.28. The lowest BCUT2D eigenvalue weighted by Gasteiger charge is -2.10. The van der Waals surface area contributed by atoms with Gasteiger partial charge in [0, 0.05) is 17.0 Å². The van der Waals surface area contributed by atoms with E-state index in [1.54, 1.807) is 0 Å². The van der Waals surface area contributed by atoms with Gasteiger partial charge in [-0.15, -0.1) is 11.3 Å². The number of nitrogens with one attached hydrogen (secondary N) is 2. The molecule has 4 rings (SSSR count). The number of fused-ring (bicyclic) bond motifs is 1. The molecule has 0 atom stereocenters. The largest absolute Gasteiger partial charge is 0.465 e. The van der Waals surface area contributed by atoms with Crippen molar-refractivity contribution in [3.05, 3.63) is 56.8 Å². The number of carbonyl (C=O) groups is 2. The van der Waals surface area contributed by atoms with Crippen LogP contribution in [0.25, 0.3) is 5.69 Å². The highest BCUT2D eigenvalue weighted by molar-refractivity contribution is 7.99. The molecule has 2 heterocycles. The molecule has 1 aliphatic rings. The number of aryl methyl sites for hydroxylation is 1. The van der Waals surface area contributed by atoms with Crippen LogP contribution in [0.15, 0.2) is 44.7 Å². The van der Waals surface area contributed by atoms with E-state index in [0.29, 0.717) is 16.3 Å². The molecule has 1 aromatic carbocycles. The number of rotatable bonds is 6. The van der Waals surface area contributed by atoms with Gasteiger partial charge >= 0.3 is 16.6 Å². The number of thioether (sulfide) groups is 1. The van der Waals surface area contributed by atoms with Crippen molar-refractivity contribution in [3.63, 3.8) is 0 Å². The van der Waals surface area contributed by atoms with Crippen LogP contribution in [-0.2, 0) is 22.4 Å². The van der Waals surface area contributed by atoms with Gasteiger partial charge in [-0.3, -0.25) is 9.32 Å².